The second kappa shape index (κ2) is 12.2. The van der Waals surface area contributed by atoms with Gasteiger partial charge < -0.3 is 42.1 Å². The SMILES string of the molecule is CC(NC(=O)C(CC(=O)O)NC(=O)C(N)CCC(=O)O)C(=O)NC(CO)C(=O)O. The number of carboxylic acids is 3. The Bertz CT molecular complexity index is 653. The number of carbonyl (C=O) groups excluding carboxylic acids is 3. The van der Waals surface area contributed by atoms with Gasteiger partial charge in [-0.15, -0.1) is 0 Å². The molecular weight excluding hydrogens is 396 g/mol. The van der Waals surface area contributed by atoms with E-state index >= 15 is 0 Å². The molecule has 0 fully saturated rings. The summed E-state index contributed by atoms with van der Waals surface area (Å²) >= 11 is 0. The van der Waals surface area contributed by atoms with Gasteiger partial charge in [0.05, 0.1) is 19.1 Å². The zero-order valence-corrected chi connectivity index (χ0v) is 15.5. The summed E-state index contributed by atoms with van der Waals surface area (Å²) in [6.45, 7) is 0.273. The molecule has 0 aliphatic carbocycles. The molecule has 0 spiro atoms. The van der Waals surface area contributed by atoms with E-state index in [0.717, 1.165) is 0 Å². The van der Waals surface area contributed by atoms with E-state index in [9.17, 15) is 28.8 Å². The van der Waals surface area contributed by atoms with Gasteiger partial charge in [-0.3, -0.25) is 24.0 Å². The zero-order valence-electron chi connectivity index (χ0n) is 15.5. The third-order valence-corrected chi connectivity index (χ3v) is 3.57. The van der Waals surface area contributed by atoms with Crippen molar-refractivity contribution < 1.29 is 49.2 Å². The average Bonchev–Trinajstić information content (AvgIpc) is 2.62. The number of aliphatic carboxylic acids is 3. The van der Waals surface area contributed by atoms with Gasteiger partial charge in [0.25, 0.3) is 0 Å². The number of carbonyl (C=O) groups is 6. The molecule has 4 atom stereocenters. The zero-order chi connectivity index (χ0) is 22.7. The molecule has 0 aromatic carbocycles. The number of amides is 3. The Hall–Kier alpha value is -3.26. The van der Waals surface area contributed by atoms with E-state index in [-0.39, 0.29) is 6.42 Å². The first-order valence-electron chi connectivity index (χ1n) is 8.33. The van der Waals surface area contributed by atoms with Gasteiger partial charge in [0.15, 0.2) is 0 Å². The molecule has 0 radical (unpaired) electrons. The van der Waals surface area contributed by atoms with E-state index in [2.05, 4.69) is 10.6 Å². The molecule has 14 heteroatoms. The first-order chi connectivity index (χ1) is 13.4. The van der Waals surface area contributed by atoms with Crippen molar-refractivity contribution in [3.8, 4) is 0 Å². The highest BCUT2D eigenvalue weighted by molar-refractivity contribution is 5.95. The van der Waals surface area contributed by atoms with E-state index in [4.69, 9.17) is 26.2 Å². The van der Waals surface area contributed by atoms with Crippen LogP contribution in [0.25, 0.3) is 0 Å². The lowest BCUT2D eigenvalue weighted by Gasteiger charge is -2.22. The summed E-state index contributed by atoms with van der Waals surface area (Å²) < 4.78 is 0. The lowest BCUT2D eigenvalue weighted by atomic mass is 10.1. The number of nitrogens with two attached hydrogens (primary N) is 1. The van der Waals surface area contributed by atoms with Crippen molar-refractivity contribution in [3.05, 3.63) is 0 Å². The van der Waals surface area contributed by atoms with Crippen LogP contribution in [-0.4, -0.2) is 86.8 Å². The highest BCUT2D eigenvalue weighted by atomic mass is 16.4. The molecule has 0 heterocycles. The van der Waals surface area contributed by atoms with Crippen LogP contribution in [0, 0.1) is 0 Å². The Kier molecular flexibility index (Phi) is 10.9. The third kappa shape index (κ3) is 10.0. The summed E-state index contributed by atoms with van der Waals surface area (Å²) in [5.41, 5.74) is 5.49. The van der Waals surface area contributed by atoms with Gasteiger partial charge in [-0.25, -0.2) is 4.79 Å². The molecule has 0 saturated heterocycles. The summed E-state index contributed by atoms with van der Waals surface area (Å²) in [5.74, 6) is -7.16. The molecule has 0 rings (SSSR count). The van der Waals surface area contributed by atoms with E-state index in [1.807, 2.05) is 5.32 Å². The minimum atomic E-state index is -1.63. The van der Waals surface area contributed by atoms with Crippen molar-refractivity contribution in [2.75, 3.05) is 6.61 Å². The van der Waals surface area contributed by atoms with Gasteiger partial charge in [-0.2, -0.15) is 0 Å². The number of carboxylic acid groups (broad SMARTS) is 3. The smallest absolute Gasteiger partial charge is 0.328 e. The normalized spacial score (nSPS) is 14.6. The van der Waals surface area contributed by atoms with E-state index < -0.39 is 79.2 Å². The van der Waals surface area contributed by atoms with Crippen LogP contribution >= 0.6 is 0 Å². The molecule has 0 aromatic rings. The molecule has 3 amide bonds. The number of rotatable bonds is 13. The van der Waals surface area contributed by atoms with Crippen LogP contribution in [0.3, 0.4) is 0 Å². The van der Waals surface area contributed by atoms with Gasteiger partial charge in [-0.1, -0.05) is 0 Å². The molecular formula is C15H24N4O10. The first-order valence-corrected chi connectivity index (χ1v) is 8.33. The van der Waals surface area contributed by atoms with Crippen molar-refractivity contribution in [1.82, 2.24) is 16.0 Å². The predicted molar refractivity (Wildman–Crippen MR) is 93.3 cm³/mol. The Morgan fingerprint density at radius 1 is 0.828 bits per heavy atom. The first kappa shape index (κ1) is 25.7. The number of aliphatic hydroxyl groups is 1. The van der Waals surface area contributed by atoms with Crippen molar-refractivity contribution >= 4 is 35.6 Å². The van der Waals surface area contributed by atoms with Gasteiger partial charge in [-0.05, 0) is 13.3 Å². The maximum atomic E-state index is 12.2. The van der Waals surface area contributed by atoms with Crippen LogP contribution in [0.4, 0.5) is 0 Å². The fourth-order valence-electron chi connectivity index (χ4n) is 1.93. The van der Waals surface area contributed by atoms with Crippen LogP contribution in [0.1, 0.15) is 26.2 Å². The molecule has 4 unspecified atom stereocenters. The number of nitrogens with one attached hydrogen (secondary N) is 3. The molecule has 9 N–H and O–H groups in total. The molecule has 0 saturated carbocycles. The molecule has 164 valence electrons. The Morgan fingerprint density at radius 3 is 1.83 bits per heavy atom. The predicted octanol–water partition coefficient (Wildman–Crippen LogP) is -3.80. The second-order valence-electron chi connectivity index (χ2n) is 6.01. The number of hydrogen-bond donors (Lipinski definition) is 8. The van der Waals surface area contributed by atoms with Gasteiger partial charge in [0.1, 0.15) is 18.1 Å². The maximum absolute atomic E-state index is 12.2. The van der Waals surface area contributed by atoms with Gasteiger partial charge in [0.2, 0.25) is 17.7 Å². The van der Waals surface area contributed by atoms with Gasteiger partial charge in [0, 0.05) is 6.42 Å². The maximum Gasteiger partial charge on any atom is 0.328 e. The average molecular weight is 420 g/mol. The van der Waals surface area contributed by atoms with Crippen molar-refractivity contribution in [2.45, 2.75) is 50.4 Å². The quantitative estimate of drug-likeness (QED) is 0.143. The minimum absolute atomic E-state index is 0.251. The van der Waals surface area contributed by atoms with E-state index in [0.29, 0.717) is 0 Å². The van der Waals surface area contributed by atoms with E-state index in [1.165, 1.54) is 6.92 Å². The van der Waals surface area contributed by atoms with Crippen LogP contribution in [0.15, 0.2) is 0 Å². The molecule has 0 aliphatic heterocycles. The minimum Gasteiger partial charge on any atom is -0.481 e. The summed E-state index contributed by atoms with van der Waals surface area (Å²) in [6.07, 6.45) is -1.53. The molecule has 0 aliphatic rings. The van der Waals surface area contributed by atoms with Crippen molar-refractivity contribution in [3.63, 3.8) is 0 Å². The largest absolute Gasteiger partial charge is 0.481 e. The standard InChI is InChI=1S/C15H24N4O10/c1-6(12(25)19-9(5-20)15(28)29)17-14(27)8(4-11(23)24)18-13(26)7(16)2-3-10(21)22/h6-9,20H,2-5,16H2,1H3,(H,17,27)(H,18,26)(H,19,25)(H,21,22)(H,23,24)(H,28,29). The lowest BCUT2D eigenvalue weighted by Crippen LogP contribution is -2.57. The Balaban J connectivity index is 5.00. The number of hydrogen-bond acceptors (Lipinski definition) is 8. The van der Waals surface area contributed by atoms with Crippen LogP contribution in [-0.2, 0) is 28.8 Å². The van der Waals surface area contributed by atoms with Crippen LogP contribution in [0.5, 0.6) is 0 Å². The van der Waals surface area contributed by atoms with E-state index in [1.54, 1.807) is 0 Å². The van der Waals surface area contributed by atoms with Crippen molar-refractivity contribution in [2.24, 2.45) is 5.73 Å². The van der Waals surface area contributed by atoms with Crippen LogP contribution < -0.4 is 21.7 Å². The highest BCUT2D eigenvalue weighted by Crippen LogP contribution is 2.00. The molecule has 14 nitrogen and oxygen atoms in total. The monoisotopic (exact) mass is 420 g/mol. The summed E-state index contributed by atoms with van der Waals surface area (Å²) in [5, 5.41) is 41.3. The fraction of sp³-hybridized carbons (Fsp3) is 0.600. The Morgan fingerprint density at radius 2 is 1.38 bits per heavy atom. The van der Waals surface area contributed by atoms with Crippen LogP contribution in [0.2, 0.25) is 0 Å². The van der Waals surface area contributed by atoms with Gasteiger partial charge >= 0.3 is 17.9 Å². The van der Waals surface area contributed by atoms with Crippen molar-refractivity contribution in [1.29, 1.82) is 0 Å². The topological polar surface area (TPSA) is 245 Å². The molecule has 0 bridgehead atoms. The summed E-state index contributed by atoms with van der Waals surface area (Å²) in [6, 6.07) is -5.87. The fourth-order valence-corrected chi connectivity index (χ4v) is 1.93. The third-order valence-electron chi connectivity index (χ3n) is 3.57. The summed E-state index contributed by atoms with van der Waals surface area (Å²) in [7, 11) is 0. The Labute approximate surface area is 164 Å². The number of aliphatic hydroxyl groups excluding tert-OH is 1. The lowest BCUT2D eigenvalue weighted by molar-refractivity contribution is -0.144. The second-order valence-corrected chi connectivity index (χ2v) is 6.01. The molecule has 29 heavy (non-hydrogen) atoms. The summed E-state index contributed by atoms with van der Waals surface area (Å²) in [4.78, 5) is 68.3. The molecule has 0 aromatic heterocycles. The highest BCUT2D eigenvalue weighted by Gasteiger charge is 2.29.